The molecule has 4 heterocycles. The SMILES string of the molecule is CC(=O)c1[nH]c2cc(Br)ccc2c1Cl.NC1CCOC1.Nc1ccnnc1.O=C(O)c1cc2ccc(Br)cc2s1. The fourth-order valence-electron chi connectivity index (χ4n) is 3.34. The Balaban J connectivity index is 0.000000156. The third-order valence-corrected chi connectivity index (χ3v) is 7.78. The number of aromatic amines is 1. The summed E-state index contributed by atoms with van der Waals surface area (Å²) < 4.78 is 7.85. The van der Waals surface area contributed by atoms with E-state index < -0.39 is 5.97 Å². The number of benzene rings is 2. The molecule has 1 aliphatic rings. The number of thiophene rings is 1. The summed E-state index contributed by atoms with van der Waals surface area (Å²) in [7, 11) is 0. The maximum absolute atomic E-state index is 11.2. The second-order valence-electron chi connectivity index (χ2n) is 8.46. The first kappa shape index (κ1) is 31.7. The zero-order valence-corrected chi connectivity index (χ0v) is 26.0. The number of aromatic nitrogens is 3. The first-order valence-electron chi connectivity index (χ1n) is 11.8. The molecule has 1 aliphatic heterocycles. The highest BCUT2D eigenvalue weighted by atomic mass is 79.9. The molecule has 1 fully saturated rings. The number of nitrogens with two attached hydrogens (primary N) is 2. The highest BCUT2D eigenvalue weighted by molar-refractivity contribution is 9.10. The van der Waals surface area contributed by atoms with Crippen LogP contribution in [0.5, 0.6) is 0 Å². The monoisotopic (exact) mass is 709 g/mol. The van der Waals surface area contributed by atoms with Crippen molar-refractivity contribution in [3.05, 3.63) is 85.5 Å². The average molecular weight is 712 g/mol. The number of ether oxygens (including phenoxy) is 1. The molecule has 6 N–H and O–H groups in total. The number of nitrogen functional groups attached to an aromatic ring is 1. The minimum Gasteiger partial charge on any atom is -0.477 e. The van der Waals surface area contributed by atoms with Gasteiger partial charge in [-0.25, -0.2) is 4.79 Å². The van der Waals surface area contributed by atoms with E-state index in [4.69, 9.17) is 32.9 Å². The number of carbonyl (C=O) groups is 2. The van der Waals surface area contributed by atoms with Crippen LogP contribution in [-0.2, 0) is 4.74 Å². The van der Waals surface area contributed by atoms with E-state index >= 15 is 0 Å². The zero-order chi connectivity index (χ0) is 29.2. The smallest absolute Gasteiger partial charge is 0.345 e. The minimum absolute atomic E-state index is 0.0534. The quantitative estimate of drug-likeness (QED) is 0.144. The highest BCUT2D eigenvalue weighted by Gasteiger charge is 2.12. The Morgan fingerprint density at radius 2 is 1.85 bits per heavy atom. The number of carboxylic acids is 1. The number of ketones is 1. The van der Waals surface area contributed by atoms with E-state index in [0.29, 0.717) is 27.3 Å². The van der Waals surface area contributed by atoms with Crippen molar-refractivity contribution in [3.8, 4) is 0 Å². The Hall–Kier alpha value is -2.87. The van der Waals surface area contributed by atoms with E-state index in [1.54, 1.807) is 18.3 Å². The summed E-state index contributed by atoms with van der Waals surface area (Å²) in [5.41, 5.74) is 12.7. The first-order chi connectivity index (χ1) is 19.0. The molecule has 13 heteroatoms. The summed E-state index contributed by atoms with van der Waals surface area (Å²) in [5.74, 6) is -0.917. The molecule has 2 aromatic carbocycles. The number of aromatic carboxylic acids is 1. The molecule has 6 rings (SSSR count). The Morgan fingerprint density at radius 1 is 1.12 bits per heavy atom. The second kappa shape index (κ2) is 15.2. The largest absolute Gasteiger partial charge is 0.477 e. The number of fused-ring (bicyclic) bond motifs is 2. The van der Waals surface area contributed by atoms with E-state index in [1.807, 2.05) is 36.4 Å². The fourth-order valence-corrected chi connectivity index (χ4v) is 5.50. The number of halogens is 3. The van der Waals surface area contributed by atoms with Gasteiger partial charge in [-0.3, -0.25) is 4.79 Å². The van der Waals surface area contributed by atoms with E-state index in [0.717, 1.165) is 49.6 Å². The third-order valence-electron chi connectivity index (χ3n) is 5.31. The lowest BCUT2D eigenvalue weighted by atomic mass is 10.2. The van der Waals surface area contributed by atoms with Crippen LogP contribution >= 0.6 is 54.8 Å². The van der Waals surface area contributed by atoms with Crippen molar-refractivity contribution in [2.45, 2.75) is 19.4 Å². The number of anilines is 1. The van der Waals surface area contributed by atoms with Gasteiger partial charge in [-0.15, -0.1) is 11.3 Å². The molecule has 5 aromatic rings. The molecular weight excluding hydrogens is 686 g/mol. The van der Waals surface area contributed by atoms with Crippen LogP contribution in [-0.4, -0.2) is 51.3 Å². The van der Waals surface area contributed by atoms with Crippen molar-refractivity contribution < 1.29 is 19.4 Å². The van der Waals surface area contributed by atoms with Gasteiger partial charge in [-0.05, 0) is 48.2 Å². The van der Waals surface area contributed by atoms with Gasteiger partial charge in [0.05, 0.1) is 29.7 Å². The lowest BCUT2D eigenvalue weighted by Gasteiger charge is -1.90. The van der Waals surface area contributed by atoms with Gasteiger partial charge in [0, 0.05) is 44.1 Å². The molecule has 3 aromatic heterocycles. The van der Waals surface area contributed by atoms with Crippen molar-refractivity contribution in [2.75, 3.05) is 18.9 Å². The number of nitrogens with one attached hydrogen (secondary N) is 1. The molecule has 0 aliphatic carbocycles. The molecule has 1 saturated heterocycles. The minimum atomic E-state index is -0.864. The third kappa shape index (κ3) is 9.36. The number of carboxylic acid groups (broad SMARTS) is 1. The maximum atomic E-state index is 11.2. The van der Waals surface area contributed by atoms with E-state index in [9.17, 15) is 9.59 Å². The summed E-state index contributed by atoms with van der Waals surface area (Å²) in [6.07, 6.45) is 4.09. The average Bonchev–Trinajstić information content (AvgIpc) is 3.64. The summed E-state index contributed by atoms with van der Waals surface area (Å²) in [4.78, 5) is 25.2. The van der Waals surface area contributed by atoms with Gasteiger partial charge in [-0.1, -0.05) is 55.6 Å². The molecule has 0 amide bonds. The van der Waals surface area contributed by atoms with Crippen LogP contribution in [0.2, 0.25) is 5.02 Å². The number of H-pyrrole nitrogens is 1. The van der Waals surface area contributed by atoms with Crippen LogP contribution in [0.4, 0.5) is 5.69 Å². The van der Waals surface area contributed by atoms with Crippen molar-refractivity contribution in [1.82, 2.24) is 15.2 Å². The Kier molecular flexibility index (Phi) is 12.0. The van der Waals surface area contributed by atoms with Crippen LogP contribution in [0.1, 0.15) is 33.5 Å². The topological polar surface area (TPSA) is 157 Å². The standard InChI is InChI=1S/C10H7BrClNO.C9H5BrO2S.C4H5N3.C4H9NO/c1-5(14)10-9(12)7-3-2-6(11)4-8(7)13-10;10-6-2-1-5-3-8(9(11)12)13-7(5)4-6;5-4-1-2-6-7-3-4;5-4-1-2-6-3-4/h2-4,13H,1H3;1-4H,(H,11,12);1-3H,(H2,5,6);4H,1-3,5H2. The van der Waals surface area contributed by atoms with E-state index in [-0.39, 0.29) is 5.78 Å². The van der Waals surface area contributed by atoms with Gasteiger partial charge < -0.3 is 26.3 Å². The van der Waals surface area contributed by atoms with Crippen LogP contribution in [0, 0.1) is 0 Å². The molecular formula is C27H26Br2ClN5O4S. The van der Waals surface area contributed by atoms with Gasteiger partial charge in [0.25, 0.3) is 0 Å². The van der Waals surface area contributed by atoms with Crippen molar-refractivity contribution in [2.24, 2.45) is 5.73 Å². The molecule has 9 nitrogen and oxygen atoms in total. The van der Waals surface area contributed by atoms with E-state index in [2.05, 4.69) is 47.0 Å². The molecule has 0 saturated carbocycles. The van der Waals surface area contributed by atoms with Crippen molar-refractivity contribution in [1.29, 1.82) is 0 Å². The highest BCUT2D eigenvalue weighted by Crippen LogP contribution is 2.30. The lowest BCUT2D eigenvalue weighted by molar-refractivity contribution is 0.0702. The number of rotatable bonds is 2. The van der Waals surface area contributed by atoms with Crippen LogP contribution in [0.3, 0.4) is 0 Å². The molecule has 0 spiro atoms. The number of Topliss-reactive ketones (excluding diaryl/α,β-unsaturated/α-hetero) is 1. The molecule has 40 heavy (non-hydrogen) atoms. The normalized spacial score (nSPS) is 13.9. The number of hydrogen-bond donors (Lipinski definition) is 4. The van der Waals surface area contributed by atoms with Gasteiger partial charge in [-0.2, -0.15) is 10.2 Å². The van der Waals surface area contributed by atoms with Gasteiger partial charge in [0.15, 0.2) is 5.78 Å². The summed E-state index contributed by atoms with van der Waals surface area (Å²) in [6.45, 7) is 3.12. The van der Waals surface area contributed by atoms with E-state index in [1.165, 1.54) is 24.5 Å². The summed E-state index contributed by atoms with van der Waals surface area (Å²) in [5, 5.41) is 18.1. The summed E-state index contributed by atoms with van der Waals surface area (Å²) in [6, 6.07) is 15.1. The molecule has 0 bridgehead atoms. The zero-order valence-electron chi connectivity index (χ0n) is 21.2. The van der Waals surface area contributed by atoms with Crippen molar-refractivity contribution >= 4 is 93.2 Å². The number of nitrogens with zero attached hydrogens (tertiary/aromatic N) is 2. The number of carbonyl (C=O) groups excluding carboxylic acids is 1. The van der Waals surface area contributed by atoms with Crippen LogP contribution < -0.4 is 11.5 Å². The Morgan fingerprint density at radius 3 is 2.38 bits per heavy atom. The Labute approximate surface area is 256 Å². The molecule has 0 radical (unpaired) electrons. The second-order valence-corrected chi connectivity index (χ2v) is 11.8. The predicted octanol–water partition coefficient (Wildman–Crippen LogP) is 6.94. The molecule has 210 valence electrons. The van der Waals surface area contributed by atoms with Crippen molar-refractivity contribution in [3.63, 3.8) is 0 Å². The van der Waals surface area contributed by atoms with Gasteiger partial charge >= 0.3 is 5.97 Å². The van der Waals surface area contributed by atoms with Gasteiger partial charge in [0.2, 0.25) is 0 Å². The fraction of sp³-hybridized carbons (Fsp3) is 0.185. The molecule has 1 atom stereocenters. The lowest BCUT2D eigenvalue weighted by Crippen LogP contribution is -2.18. The number of hydrogen-bond acceptors (Lipinski definition) is 8. The Bertz CT molecular complexity index is 1590. The predicted molar refractivity (Wildman–Crippen MR) is 167 cm³/mol. The van der Waals surface area contributed by atoms with Crippen LogP contribution in [0.15, 0.2) is 69.9 Å². The maximum Gasteiger partial charge on any atom is 0.345 e. The van der Waals surface area contributed by atoms with Crippen LogP contribution in [0.25, 0.3) is 21.0 Å². The van der Waals surface area contributed by atoms with Gasteiger partial charge in [0.1, 0.15) is 10.6 Å². The first-order valence-corrected chi connectivity index (χ1v) is 14.6. The molecule has 1 unspecified atom stereocenters. The summed E-state index contributed by atoms with van der Waals surface area (Å²) >= 11 is 14.0.